The normalized spacial score (nSPS) is 14.8. The lowest BCUT2D eigenvalue weighted by Gasteiger charge is -2.15. The second kappa shape index (κ2) is 9.00. The summed E-state index contributed by atoms with van der Waals surface area (Å²) in [4.78, 5) is 5.94. The minimum atomic E-state index is -0.571. The van der Waals surface area contributed by atoms with Crippen LogP contribution in [-0.2, 0) is 17.7 Å². The maximum atomic E-state index is 14.3. The van der Waals surface area contributed by atoms with Gasteiger partial charge in [0.15, 0.2) is 5.82 Å². The monoisotopic (exact) mass is 431 g/mol. The molecular formula is C20H26FN7O3. The second-order valence-electron chi connectivity index (χ2n) is 7.62. The van der Waals surface area contributed by atoms with Crippen molar-refractivity contribution in [2.24, 2.45) is 0 Å². The van der Waals surface area contributed by atoms with Gasteiger partial charge in [-0.2, -0.15) is 10.2 Å². The zero-order valence-electron chi connectivity index (χ0n) is 17.7. The van der Waals surface area contributed by atoms with Crippen molar-refractivity contribution in [2.45, 2.75) is 19.1 Å². The van der Waals surface area contributed by atoms with Crippen LogP contribution in [-0.4, -0.2) is 81.7 Å². The Kier molecular flexibility index (Phi) is 6.16. The van der Waals surface area contributed by atoms with E-state index in [-0.39, 0.29) is 5.88 Å². The largest absolute Gasteiger partial charge is 0.479 e. The molecule has 0 aliphatic carbocycles. The number of hydrogen-bond acceptors (Lipinski definition) is 8. The number of nitrogens with one attached hydrogen (secondary N) is 1. The summed E-state index contributed by atoms with van der Waals surface area (Å²) in [6.45, 7) is 1.76. The fourth-order valence-corrected chi connectivity index (χ4v) is 3.62. The van der Waals surface area contributed by atoms with E-state index in [9.17, 15) is 9.50 Å². The highest BCUT2D eigenvalue weighted by Crippen LogP contribution is 2.33. The lowest BCUT2D eigenvalue weighted by atomic mass is 10.1. The molecule has 0 radical (unpaired) electrons. The molecule has 2 N–H and O–H groups in total. The number of methoxy groups -OCH3 is 1. The fraction of sp³-hybridized carbons (Fsp3) is 0.450. The van der Waals surface area contributed by atoms with Gasteiger partial charge in [0.1, 0.15) is 18.2 Å². The minimum Gasteiger partial charge on any atom is -0.479 e. The standard InChI is InChI=1S/C20H26FN7O3/c1-26(2)10-15(29)11-27-9-13(7-24-27)18-16-4-5-31-12-23-19(16)28(25-18)14-6-17(21)20(30-3)22-8-14/h6-9,15,23,29H,4-5,10-12H2,1-3H3. The molecule has 166 valence electrons. The van der Waals surface area contributed by atoms with E-state index in [1.807, 2.05) is 25.2 Å². The highest BCUT2D eigenvalue weighted by Gasteiger charge is 2.24. The highest BCUT2D eigenvalue weighted by molar-refractivity contribution is 5.70. The van der Waals surface area contributed by atoms with Crippen LogP contribution in [0.15, 0.2) is 24.7 Å². The van der Waals surface area contributed by atoms with Gasteiger partial charge in [-0.05, 0) is 14.1 Å². The Morgan fingerprint density at radius 1 is 1.39 bits per heavy atom. The number of halogens is 1. The van der Waals surface area contributed by atoms with Crippen LogP contribution in [0.25, 0.3) is 16.9 Å². The molecule has 0 fully saturated rings. The van der Waals surface area contributed by atoms with E-state index in [0.29, 0.717) is 38.5 Å². The predicted molar refractivity (Wildman–Crippen MR) is 112 cm³/mol. The van der Waals surface area contributed by atoms with Gasteiger partial charge in [0.2, 0.25) is 5.88 Å². The number of fused-ring (bicyclic) bond motifs is 1. The lowest BCUT2D eigenvalue weighted by molar-refractivity contribution is 0.116. The molecule has 1 aliphatic rings. The Hall–Kier alpha value is -3.02. The zero-order valence-corrected chi connectivity index (χ0v) is 17.7. The van der Waals surface area contributed by atoms with Crippen LogP contribution in [0.2, 0.25) is 0 Å². The van der Waals surface area contributed by atoms with E-state index in [0.717, 1.165) is 22.6 Å². The Morgan fingerprint density at radius 3 is 2.97 bits per heavy atom. The summed E-state index contributed by atoms with van der Waals surface area (Å²) in [6, 6.07) is 1.33. The number of pyridine rings is 1. The van der Waals surface area contributed by atoms with Crippen molar-refractivity contribution in [3.8, 4) is 22.8 Å². The van der Waals surface area contributed by atoms with Gasteiger partial charge in [-0.1, -0.05) is 0 Å². The fourth-order valence-electron chi connectivity index (χ4n) is 3.62. The summed E-state index contributed by atoms with van der Waals surface area (Å²) in [5, 5.41) is 22.5. The summed E-state index contributed by atoms with van der Waals surface area (Å²) < 4.78 is 28.1. The van der Waals surface area contributed by atoms with E-state index in [1.54, 1.807) is 15.6 Å². The first-order valence-electron chi connectivity index (χ1n) is 9.95. The summed E-state index contributed by atoms with van der Waals surface area (Å²) in [5.41, 5.74) is 2.93. The van der Waals surface area contributed by atoms with Gasteiger partial charge in [0.05, 0.1) is 44.4 Å². The molecule has 0 aromatic carbocycles. The summed E-state index contributed by atoms with van der Waals surface area (Å²) >= 11 is 0. The third-order valence-corrected chi connectivity index (χ3v) is 4.93. The molecule has 0 amide bonds. The molecule has 11 heteroatoms. The van der Waals surface area contributed by atoms with Crippen molar-refractivity contribution in [1.29, 1.82) is 0 Å². The highest BCUT2D eigenvalue weighted by atomic mass is 19.1. The van der Waals surface area contributed by atoms with Crippen LogP contribution < -0.4 is 10.1 Å². The Bertz CT molecular complexity index is 1050. The molecule has 3 aromatic rings. The van der Waals surface area contributed by atoms with E-state index < -0.39 is 11.9 Å². The third-order valence-electron chi connectivity index (χ3n) is 4.93. The van der Waals surface area contributed by atoms with E-state index in [2.05, 4.69) is 15.4 Å². The van der Waals surface area contributed by atoms with E-state index in [1.165, 1.54) is 19.4 Å². The maximum Gasteiger partial charge on any atom is 0.250 e. The van der Waals surface area contributed by atoms with Gasteiger partial charge in [0, 0.05) is 36.4 Å². The smallest absolute Gasteiger partial charge is 0.250 e. The maximum absolute atomic E-state index is 14.3. The molecule has 3 aromatic heterocycles. The van der Waals surface area contributed by atoms with Crippen LogP contribution in [0.3, 0.4) is 0 Å². The second-order valence-corrected chi connectivity index (χ2v) is 7.62. The van der Waals surface area contributed by atoms with E-state index in [4.69, 9.17) is 14.6 Å². The number of anilines is 1. The predicted octanol–water partition coefficient (Wildman–Crippen LogP) is 1.14. The van der Waals surface area contributed by atoms with Crippen molar-refractivity contribution in [2.75, 3.05) is 46.4 Å². The van der Waals surface area contributed by atoms with Gasteiger partial charge in [-0.25, -0.2) is 14.1 Å². The average molecular weight is 431 g/mol. The van der Waals surface area contributed by atoms with Gasteiger partial charge in [0.25, 0.3) is 0 Å². The number of nitrogens with zero attached hydrogens (tertiary/aromatic N) is 6. The molecule has 4 rings (SSSR count). The van der Waals surface area contributed by atoms with Crippen LogP contribution in [0, 0.1) is 5.82 Å². The molecule has 1 unspecified atom stereocenters. The van der Waals surface area contributed by atoms with Crippen molar-refractivity contribution in [3.05, 3.63) is 36.0 Å². The van der Waals surface area contributed by atoms with Crippen molar-refractivity contribution >= 4 is 5.82 Å². The zero-order chi connectivity index (χ0) is 22.0. The van der Waals surface area contributed by atoms with Gasteiger partial charge >= 0.3 is 0 Å². The Morgan fingerprint density at radius 2 is 2.23 bits per heavy atom. The van der Waals surface area contributed by atoms with Crippen LogP contribution in [0.4, 0.5) is 10.2 Å². The topological polar surface area (TPSA) is 102 Å². The molecule has 10 nitrogen and oxygen atoms in total. The summed E-state index contributed by atoms with van der Waals surface area (Å²) in [7, 11) is 5.19. The van der Waals surface area contributed by atoms with Crippen LogP contribution in [0.1, 0.15) is 5.56 Å². The molecule has 31 heavy (non-hydrogen) atoms. The summed E-state index contributed by atoms with van der Waals surface area (Å²) in [6.07, 6.45) is 5.17. The number of aromatic nitrogens is 5. The molecule has 0 saturated carbocycles. The van der Waals surface area contributed by atoms with Crippen molar-refractivity contribution in [1.82, 2.24) is 29.4 Å². The number of aliphatic hydroxyl groups is 1. The molecule has 0 spiro atoms. The first-order chi connectivity index (χ1) is 15.0. The molecular weight excluding hydrogens is 405 g/mol. The first-order valence-corrected chi connectivity index (χ1v) is 9.95. The number of aliphatic hydroxyl groups excluding tert-OH is 1. The molecule has 1 aliphatic heterocycles. The van der Waals surface area contributed by atoms with Crippen LogP contribution in [0.5, 0.6) is 5.88 Å². The minimum absolute atomic E-state index is 0.0731. The van der Waals surface area contributed by atoms with E-state index >= 15 is 0 Å². The van der Waals surface area contributed by atoms with Crippen LogP contribution >= 0.6 is 0 Å². The SMILES string of the molecule is COc1ncc(-n2nc(-c3cnn(CC(O)CN(C)C)c3)c3c2NCOCC3)cc1F. The quantitative estimate of drug-likeness (QED) is 0.574. The summed E-state index contributed by atoms with van der Waals surface area (Å²) in [5.74, 6) is 0.0775. The Labute approximate surface area is 179 Å². The molecule has 0 bridgehead atoms. The third kappa shape index (κ3) is 4.53. The van der Waals surface area contributed by atoms with Crippen molar-refractivity contribution < 1.29 is 19.0 Å². The molecule has 4 heterocycles. The van der Waals surface area contributed by atoms with Gasteiger partial charge < -0.3 is 24.8 Å². The van der Waals surface area contributed by atoms with Crippen molar-refractivity contribution in [3.63, 3.8) is 0 Å². The van der Waals surface area contributed by atoms with Gasteiger partial charge in [-0.3, -0.25) is 4.68 Å². The number of hydrogen-bond donors (Lipinski definition) is 2. The number of ether oxygens (including phenoxy) is 2. The average Bonchev–Trinajstić information content (AvgIpc) is 3.24. The number of likely N-dealkylation sites (N-methyl/N-ethyl adjacent to an activating group) is 1. The number of rotatable bonds is 7. The lowest BCUT2D eigenvalue weighted by Crippen LogP contribution is -2.29. The molecule has 0 saturated heterocycles. The first kappa shape index (κ1) is 21.2. The van der Waals surface area contributed by atoms with Gasteiger partial charge in [-0.15, -0.1) is 0 Å². The Balaban J connectivity index is 1.70. The molecule has 1 atom stereocenters.